The van der Waals surface area contributed by atoms with Crippen molar-refractivity contribution in [1.29, 1.82) is 0 Å². The molecule has 1 heterocycles. The highest BCUT2D eigenvalue weighted by Gasteiger charge is 2.27. The zero-order valence-electron chi connectivity index (χ0n) is 10.6. The number of sulfone groups is 1. The van der Waals surface area contributed by atoms with Crippen LogP contribution in [-0.4, -0.2) is 39.6 Å². The summed E-state index contributed by atoms with van der Waals surface area (Å²) < 4.78 is 29.3. The normalized spacial score (nSPS) is 19.9. The molecular weight excluding hydrogens is 250 g/mol. The van der Waals surface area contributed by atoms with Gasteiger partial charge in [-0.05, 0) is 37.1 Å². The number of nitrogens with one attached hydrogen (secondary N) is 1. The second kappa shape index (κ2) is 5.71. The quantitative estimate of drug-likeness (QED) is 0.867. The molecule has 1 unspecified atom stereocenters. The van der Waals surface area contributed by atoms with Crippen LogP contribution in [-0.2, 0) is 16.3 Å². The summed E-state index contributed by atoms with van der Waals surface area (Å²) in [6.07, 6.45) is 1.29. The topological polar surface area (TPSA) is 55.4 Å². The molecule has 1 aliphatic rings. The van der Waals surface area contributed by atoms with Gasteiger partial charge in [0.25, 0.3) is 0 Å². The molecule has 1 aromatic rings. The predicted octanol–water partition coefficient (Wildman–Crippen LogP) is 1.01. The number of hydrogen-bond donors (Lipinski definition) is 1. The minimum atomic E-state index is -2.98. The first kappa shape index (κ1) is 13.4. The van der Waals surface area contributed by atoms with E-state index in [1.165, 1.54) is 0 Å². The molecular formula is C13H19NO3S. The van der Waals surface area contributed by atoms with Crippen LogP contribution < -0.4 is 10.1 Å². The average Bonchev–Trinajstić information content (AvgIpc) is 2.91. The van der Waals surface area contributed by atoms with Crippen LogP contribution in [0.2, 0.25) is 0 Å². The van der Waals surface area contributed by atoms with Crippen molar-refractivity contribution in [1.82, 2.24) is 5.32 Å². The number of rotatable bonds is 5. The molecule has 1 saturated heterocycles. The molecule has 1 aliphatic heterocycles. The fourth-order valence-electron chi connectivity index (χ4n) is 2.19. The Kier molecular flexibility index (Phi) is 4.24. The highest BCUT2D eigenvalue weighted by molar-refractivity contribution is 7.92. The summed E-state index contributed by atoms with van der Waals surface area (Å²) in [7, 11) is -1.37. The molecule has 5 heteroatoms. The first-order chi connectivity index (χ1) is 8.62. The van der Waals surface area contributed by atoms with E-state index in [1.54, 1.807) is 7.11 Å². The van der Waals surface area contributed by atoms with E-state index in [1.807, 2.05) is 24.3 Å². The van der Waals surface area contributed by atoms with Gasteiger partial charge < -0.3 is 10.1 Å². The Labute approximate surface area is 108 Å². The van der Waals surface area contributed by atoms with Gasteiger partial charge >= 0.3 is 0 Å². The van der Waals surface area contributed by atoms with E-state index in [-0.39, 0.29) is 11.0 Å². The Bertz CT molecular complexity index is 493. The molecule has 0 bridgehead atoms. The van der Waals surface area contributed by atoms with Crippen molar-refractivity contribution in [3.8, 4) is 5.75 Å². The first-order valence-electron chi connectivity index (χ1n) is 6.17. The summed E-state index contributed by atoms with van der Waals surface area (Å²) in [5.41, 5.74) is 1.00. The number of methoxy groups -OCH3 is 1. The van der Waals surface area contributed by atoms with Crippen molar-refractivity contribution in [2.75, 3.05) is 26.0 Å². The van der Waals surface area contributed by atoms with E-state index in [0.717, 1.165) is 24.3 Å². The van der Waals surface area contributed by atoms with Gasteiger partial charge in [-0.25, -0.2) is 8.42 Å². The van der Waals surface area contributed by atoms with E-state index >= 15 is 0 Å². The van der Waals surface area contributed by atoms with Crippen molar-refractivity contribution in [3.63, 3.8) is 0 Å². The monoisotopic (exact) mass is 269 g/mol. The maximum absolute atomic E-state index is 12.1. The van der Waals surface area contributed by atoms with Gasteiger partial charge in [-0.1, -0.05) is 12.1 Å². The molecule has 0 aromatic heterocycles. The summed E-state index contributed by atoms with van der Waals surface area (Å²) in [6.45, 7) is 1.41. The van der Waals surface area contributed by atoms with E-state index in [2.05, 4.69) is 5.32 Å². The molecule has 2 rings (SSSR count). The molecule has 1 N–H and O–H groups in total. The van der Waals surface area contributed by atoms with Crippen molar-refractivity contribution >= 4 is 9.84 Å². The van der Waals surface area contributed by atoms with E-state index < -0.39 is 9.84 Å². The maximum atomic E-state index is 12.1. The van der Waals surface area contributed by atoms with Gasteiger partial charge in [0.15, 0.2) is 9.84 Å². The molecule has 1 atom stereocenters. The Balaban J connectivity index is 1.97. The van der Waals surface area contributed by atoms with Crippen LogP contribution in [0.4, 0.5) is 0 Å². The third kappa shape index (κ3) is 3.23. The highest BCUT2D eigenvalue weighted by atomic mass is 32.2. The van der Waals surface area contributed by atoms with Crippen LogP contribution >= 0.6 is 0 Å². The Morgan fingerprint density at radius 3 is 2.94 bits per heavy atom. The molecule has 0 aliphatic carbocycles. The van der Waals surface area contributed by atoms with Crippen molar-refractivity contribution in [2.24, 2.45) is 0 Å². The second-order valence-corrected chi connectivity index (χ2v) is 6.98. The predicted molar refractivity (Wildman–Crippen MR) is 71.8 cm³/mol. The van der Waals surface area contributed by atoms with Crippen LogP contribution in [0.15, 0.2) is 24.3 Å². The van der Waals surface area contributed by atoms with Crippen LogP contribution in [0.25, 0.3) is 0 Å². The Hall–Kier alpha value is -1.07. The van der Waals surface area contributed by atoms with Crippen LogP contribution in [0.1, 0.15) is 12.0 Å². The highest BCUT2D eigenvalue weighted by Crippen LogP contribution is 2.16. The smallest absolute Gasteiger partial charge is 0.154 e. The zero-order chi connectivity index (χ0) is 13.0. The number of ether oxygens (including phenoxy) is 1. The van der Waals surface area contributed by atoms with Gasteiger partial charge in [0.1, 0.15) is 5.75 Å². The van der Waals surface area contributed by atoms with E-state index in [0.29, 0.717) is 13.0 Å². The Morgan fingerprint density at radius 1 is 1.44 bits per heavy atom. The van der Waals surface area contributed by atoms with Crippen molar-refractivity contribution in [3.05, 3.63) is 29.8 Å². The van der Waals surface area contributed by atoms with Gasteiger partial charge in [-0.2, -0.15) is 0 Å². The summed E-state index contributed by atoms with van der Waals surface area (Å²) in [5.74, 6) is 0.986. The zero-order valence-corrected chi connectivity index (χ0v) is 11.4. The summed E-state index contributed by atoms with van der Waals surface area (Å²) >= 11 is 0. The molecule has 18 heavy (non-hydrogen) atoms. The third-order valence-corrected chi connectivity index (χ3v) is 5.52. The van der Waals surface area contributed by atoms with Gasteiger partial charge in [-0.15, -0.1) is 0 Å². The lowest BCUT2D eigenvalue weighted by Crippen LogP contribution is -2.27. The van der Waals surface area contributed by atoms with Gasteiger partial charge in [0.05, 0.1) is 18.1 Å². The SMILES string of the molecule is COc1cccc(CCS(=O)(=O)C2CCNC2)c1. The average molecular weight is 269 g/mol. The van der Waals surface area contributed by atoms with Crippen molar-refractivity contribution < 1.29 is 13.2 Å². The summed E-state index contributed by atoms with van der Waals surface area (Å²) in [4.78, 5) is 0. The number of aryl methyl sites for hydroxylation is 1. The van der Waals surface area contributed by atoms with E-state index in [9.17, 15) is 8.42 Å². The molecule has 0 spiro atoms. The summed E-state index contributed by atoms with van der Waals surface area (Å²) in [6, 6.07) is 7.57. The third-order valence-electron chi connectivity index (χ3n) is 3.33. The first-order valence-corrected chi connectivity index (χ1v) is 7.88. The van der Waals surface area contributed by atoms with Crippen molar-refractivity contribution in [2.45, 2.75) is 18.1 Å². The molecule has 0 amide bonds. The lowest BCUT2D eigenvalue weighted by Gasteiger charge is -2.10. The molecule has 0 saturated carbocycles. The number of hydrogen-bond acceptors (Lipinski definition) is 4. The Morgan fingerprint density at radius 2 is 2.28 bits per heavy atom. The van der Waals surface area contributed by atoms with E-state index in [4.69, 9.17) is 4.74 Å². The second-order valence-electron chi connectivity index (χ2n) is 4.58. The van der Waals surface area contributed by atoms with Gasteiger partial charge in [0.2, 0.25) is 0 Å². The summed E-state index contributed by atoms with van der Waals surface area (Å²) in [5, 5.41) is 2.89. The number of benzene rings is 1. The van der Waals surface area contributed by atoms with Crippen LogP contribution in [0.3, 0.4) is 0 Å². The standard InChI is InChI=1S/C13H19NO3S/c1-17-12-4-2-3-11(9-12)6-8-18(15,16)13-5-7-14-10-13/h2-4,9,13-14H,5-8,10H2,1H3. The molecule has 1 fully saturated rings. The maximum Gasteiger partial charge on any atom is 0.154 e. The largest absolute Gasteiger partial charge is 0.497 e. The lowest BCUT2D eigenvalue weighted by molar-refractivity contribution is 0.414. The fraction of sp³-hybridized carbons (Fsp3) is 0.538. The fourth-order valence-corrected chi connectivity index (χ4v) is 3.89. The lowest BCUT2D eigenvalue weighted by atomic mass is 10.2. The minimum Gasteiger partial charge on any atom is -0.497 e. The minimum absolute atomic E-state index is 0.205. The molecule has 4 nitrogen and oxygen atoms in total. The van der Waals surface area contributed by atoms with Gasteiger partial charge in [-0.3, -0.25) is 0 Å². The molecule has 0 radical (unpaired) electrons. The molecule has 1 aromatic carbocycles. The van der Waals surface area contributed by atoms with Crippen LogP contribution in [0, 0.1) is 0 Å². The van der Waals surface area contributed by atoms with Crippen LogP contribution in [0.5, 0.6) is 5.75 Å². The molecule has 100 valence electrons. The van der Waals surface area contributed by atoms with Gasteiger partial charge in [0, 0.05) is 6.54 Å².